The van der Waals surface area contributed by atoms with Crippen LogP contribution in [-0.4, -0.2) is 19.1 Å². The molecule has 1 aromatic rings. The molecule has 0 aliphatic heterocycles. The molecule has 0 fully saturated rings. The first-order chi connectivity index (χ1) is 6.27. The summed E-state index contributed by atoms with van der Waals surface area (Å²) >= 11 is 0. The fraction of sp³-hybridized carbons (Fsp3) is 0.600. The summed E-state index contributed by atoms with van der Waals surface area (Å²) in [4.78, 5) is 0. The Labute approximate surface area is 78.7 Å². The highest BCUT2D eigenvalue weighted by atomic mass is 16.3. The first kappa shape index (κ1) is 8.78. The Hall–Kier alpha value is -0.800. The van der Waals surface area contributed by atoms with Crippen molar-refractivity contribution in [3.63, 3.8) is 0 Å². The average molecular weight is 180 g/mol. The van der Waals surface area contributed by atoms with Crippen LogP contribution in [0.25, 0.3) is 0 Å². The predicted octanol–water partition coefficient (Wildman–Crippen LogP) is 1.72. The highest BCUT2D eigenvalue weighted by Gasteiger charge is 2.22. The first-order valence-corrected chi connectivity index (χ1v) is 4.77. The summed E-state index contributed by atoms with van der Waals surface area (Å²) in [6.07, 6.45) is 5.30. The first-order valence-electron chi connectivity index (χ1n) is 4.77. The molecule has 1 N–H and O–H groups in total. The zero-order chi connectivity index (χ0) is 9.26. The highest BCUT2D eigenvalue weighted by Crippen LogP contribution is 2.30. The summed E-state index contributed by atoms with van der Waals surface area (Å²) in [7, 11) is 4.04. The molecule has 72 valence electrons. The Balaban J connectivity index is 2.15. The van der Waals surface area contributed by atoms with E-state index in [1.165, 1.54) is 18.4 Å². The lowest BCUT2D eigenvalue weighted by molar-refractivity contribution is 0.224. The Morgan fingerprint density at radius 1 is 1.54 bits per heavy atom. The number of hydrazine groups is 1. The number of furan rings is 1. The van der Waals surface area contributed by atoms with E-state index in [1.54, 1.807) is 6.26 Å². The Bertz CT molecular complexity index is 280. The number of nitrogens with zero attached hydrogens (tertiary/aromatic N) is 1. The van der Waals surface area contributed by atoms with Crippen LogP contribution in [0.5, 0.6) is 0 Å². The van der Waals surface area contributed by atoms with E-state index in [1.807, 2.05) is 19.1 Å². The van der Waals surface area contributed by atoms with Gasteiger partial charge in [-0.1, -0.05) is 0 Å². The summed E-state index contributed by atoms with van der Waals surface area (Å²) in [5.74, 6) is 1.16. The van der Waals surface area contributed by atoms with Gasteiger partial charge in [0.25, 0.3) is 0 Å². The van der Waals surface area contributed by atoms with Crippen molar-refractivity contribution in [3.8, 4) is 0 Å². The average Bonchev–Trinajstić information content (AvgIpc) is 2.51. The van der Waals surface area contributed by atoms with E-state index in [4.69, 9.17) is 4.42 Å². The molecule has 13 heavy (non-hydrogen) atoms. The van der Waals surface area contributed by atoms with Gasteiger partial charge < -0.3 is 4.42 Å². The van der Waals surface area contributed by atoms with Gasteiger partial charge in [0.05, 0.1) is 6.26 Å². The zero-order valence-corrected chi connectivity index (χ0v) is 8.21. The molecule has 1 aromatic heterocycles. The third kappa shape index (κ3) is 1.76. The van der Waals surface area contributed by atoms with Gasteiger partial charge in [0.1, 0.15) is 5.76 Å². The minimum absolute atomic E-state index is 0.442. The molecule has 1 aliphatic carbocycles. The van der Waals surface area contributed by atoms with Gasteiger partial charge in [-0.25, -0.2) is 5.43 Å². The lowest BCUT2D eigenvalue weighted by atomic mass is 9.94. The van der Waals surface area contributed by atoms with Crippen molar-refractivity contribution in [1.29, 1.82) is 0 Å². The van der Waals surface area contributed by atoms with Crippen molar-refractivity contribution >= 4 is 0 Å². The fourth-order valence-corrected chi connectivity index (χ4v) is 1.93. The summed E-state index contributed by atoms with van der Waals surface area (Å²) < 4.78 is 5.41. The van der Waals surface area contributed by atoms with Crippen molar-refractivity contribution < 1.29 is 4.42 Å². The molecule has 3 heteroatoms. The summed E-state index contributed by atoms with van der Waals surface area (Å²) in [6, 6.07) is 2.52. The maximum Gasteiger partial charge on any atom is 0.108 e. The van der Waals surface area contributed by atoms with E-state index in [0.29, 0.717) is 6.04 Å². The number of hydrogen-bond donors (Lipinski definition) is 1. The molecule has 0 amide bonds. The Kier molecular flexibility index (Phi) is 2.38. The molecular formula is C10H16N2O. The van der Waals surface area contributed by atoms with Crippen LogP contribution in [0.1, 0.15) is 30.2 Å². The molecule has 3 nitrogen and oxygen atoms in total. The SMILES string of the molecule is CN(C)NC1CCCc2occc21. The molecule has 0 aromatic carbocycles. The molecule has 0 saturated heterocycles. The van der Waals surface area contributed by atoms with Crippen LogP contribution in [0.15, 0.2) is 16.7 Å². The molecule has 1 atom stereocenters. The largest absolute Gasteiger partial charge is 0.469 e. The lowest BCUT2D eigenvalue weighted by Gasteiger charge is -2.26. The van der Waals surface area contributed by atoms with Gasteiger partial charge in [-0.2, -0.15) is 0 Å². The number of nitrogens with one attached hydrogen (secondary N) is 1. The molecule has 1 aliphatic rings. The van der Waals surface area contributed by atoms with Crippen LogP contribution >= 0.6 is 0 Å². The second kappa shape index (κ2) is 3.52. The van der Waals surface area contributed by atoms with E-state index in [9.17, 15) is 0 Å². The van der Waals surface area contributed by atoms with Gasteiger partial charge >= 0.3 is 0 Å². The van der Waals surface area contributed by atoms with Gasteiger partial charge in [-0.15, -0.1) is 0 Å². The van der Waals surface area contributed by atoms with Crippen LogP contribution in [0, 0.1) is 0 Å². The van der Waals surface area contributed by atoms with Crippen molar-refractivity contribution in [2.45, 2.75) is 25.3 Å². The van der Waals surface area contributed by atoms with Crippen LogP contribution in [-0.2, 0) is 6.42 Å². The summed E-state index contributed by atoms with van der Waals surface area (Å²) in [5, 5.41) is 2.01. The van der Waals surface area contributed by atoms with Gasteiger partial charge in [0.2, 0.25) is 0 Å². The van der Waals surface area contributed by atoms with Gasteiger partial charge in [0.15, 0.2) is 0 Å². The molecule has 1 unspecified atom stereocenters. The lowest BCUT2D eigenvalue weighted by Crippen LogP contribution is -2.35. The summed E-state index contributed by atoms with van der Waals surface area (Å²) in [6.45, 7) is 0. The fourth-order valence-electron chi connectivity index (χ4n) is 1.93. The zero-order valence-electron chi connectivity index (χ0n) is 8.21. The van der Waals surface area contributed by atoms with Gasteiger partial charge in [-0.05, 0) is 18.9 Å². The minimum atomic E-state index is 0.442. The number of hydrogen-bond acceptors (Lipinski definition) is 3. The number of rotatable bonds is 2. The van der Waals surface area contributed by atoms with Crippen molar-refractivity contribution in [3.05, 3.63) is 23.7 Å². The quantitative estimate of drug-likeness (QED) is 0.702. The smallest absolute Gasteiger partial charge is 0.108 e. The van der Waals surface area contributed by atoms with E-state index in [-0.39, 0.29) is 0 Å². The third-order valence-corrected chi connectivity index (χ3v) is 2.47. The van der Waals surface area contributed by atoms with Gasteiger partial charge in [-0.3, -0.25) is 5.01 Å². The normalized spacial score (nSPS) is 21.9. The van der Waals surface area contributed by atoms with Crippen LogP contribution < -0.4 is 5.43 Å². The standard InChI is InChI=1S/C10H16N2O/c1-12(2)11-9-4-3-5-10-8(9)6-7-13-10/h6-7,9,11H,3-5H2,1-2H3. The second-order valence-corrected chi connectivity index (χ2v) is 3.77. The van der Waals surface area contributed by atoms with Crippen LogP contribution in [0.3, 0.4) is 0 Å². The van der Waals surface area contributed by atoms with E-state index < -0.39 is 0 Å². The second-order valence-electron chi connectivity index (χ2n) is 3.77. The topological polar surface area (TPSA) is 28.4 Å². The molecule has 0 spiro atoms. The molecule has 0 radical (unpaired) electrons. The van der Waals surface area contributed by atoms with E-state index in [0.717, 1.165) is 12.2 Å². The van der Waals surface area contributed by atoms with E-state index >= 15 is 0 Å². The number of fused-ring (bicyclic) bond motifs is 1. The minimum Gasteiger partial charge on any atom is -0.469 e. The molecule has 1 heterocycles. The van der Waals surface area contributed by atoms with Crippen molar-refractivity contribution in [1.82, 2.24) is 10.4 Å². The molecule has 0 saturated carbocycles. The molecular weight excluding hydrogens is 164 g/mol. The van der Waals surface area contributed by atoms with Crippen LogP contribution in [0.2, 0.25) is 0 Å². The van der Waals surface area contributed by atoms with Crippen molar-refractivity contribution in [2.24, 2.45) is 0 Å². The van der Waals surface area contributed by atoms with Gasteiger partial charge in [0, 0.05) is 32.1 Å². The highest BCUT2D eigenvalue weighted by molar-refractivity contribution is 5.23. The maximum absolute atomic E-state index is 5.41. The molecule has 0 bridgehead atoms. The Morgan fingerprint density at radius 2 is 2.38 bits per heavy atom. The van der Waals surface area contributed by atoms with Crippen molar-refractivity contribution in [2.75, 3.05) is 14.1 Å². The number of aryl methyl sites for hydroxylation is 1. The molecule has 2 rings (SSSR count). The maximum atomic E-state index is 5.41. The van der Waals surface area contributed by atoms with E-state index in [2.05, 4.69) is 11.5 Å². The third-order valence-electron chi connectivity index (χ3n) is 2.47. The van der Waals surface area contributed by atoms with Crippen LogP contribution in [0.4, 0.5) is 0 Å². The summed E-state index contributed by atoms with van der Waals surface area (Å²) in [5.41, 5.74) is 4.73. The Morgan fingerprint density at radius 3 is 3.15 bits per heavy atom. The predicted molar refractivity (Wildman–Crippen MR) is 51.2 cm³/mol. The monoisotopic (exact) mass is 180 g/mol.